The molecule has 0 saturated heterocycles. The van der Waals surface area contributed by atoms with Crippen LogP contribution in [0.15, 0.2) is 57.7 Å². The van der Waals surface area contributed by atoms with Gasteiger partial charge in [-0.25, -0.2) is 0 Å². The minimum Gasteiger partial charge on any atom is -0.456 e. The number of anilines is 1. The zero-order valence-electron chi connectivity index (χ0n) is 13.3. The predicted octanol–water partition coefficient (Wildman–Crippen LogP) is 2.20. The number of furan rings is 1. The number of para-hydroxylation sites is 1. The van der Waals surface area contributed by atoms with Crippen molar-refractivity contribution in [2.45, 2.75) is 0 Å². The van der Waals surface area contributed by atoms with Gasteiger partial charge in [-0.1, -0.05) is 24.3 Å². The minimum atomic E-state index is -0.618. The van der Waals surface area contributed by atoms with E-state index >= 15 is 0 Å². The van der Waals surface area contributed by atoms with Crippen molar-refractivity contribution in [1.29, 1.82) is 0 Å². The number of nitrogens with one attached hydrogen (secondary N) is 1. The van der Waals surface area contributed by atoms with Crippen molar-refractivity contribution in [1.82, 2.24) is 9.88 Å². The number of pyridine rings is 1. The summed E-state index contributed by atoms with van der Waals surface area (Å²) in [4.78, 5) is 36.6. The van der Waals surface area contributed by atoms with Crippen LogP contribution in [0.1, 0.15) is 20.7 Å². The molecule has 0 radical (unpaired) electrons. The van der Waals surface area contributed by atoms with Gasteiger partial charge in [-0.05, 0) is 18.2 Å². The Morgan fingerprint density at radius 1 is 0.923 bits per heavy atom. The fourth-order valence-corrected chi connectivity index (χ4v) is 3.47. The summed E-state index contributed by atoms with van der Waals surface area (Å²) in [6.45, 7) is 0. The first kappa shape index (κ1) is 14.5. The van der Waals surface area contributed by atoms with Crippen LogP contribution in [0.2, 0.25) is 0 Å². The van der Waals surface area contributed by atoms with Gasteiger partial charge in [0.05, 0.1) is 22.2 Å². The summed E-state index contributed by atoms with van der Waals surface area (Å²) < 4.78 is 7.07. The molecule has 0 fully saturated rings. The number of hydrogen-bond donors (Lipinski definition) is 2. The van der Waals surface area contributed by atoms with Gasteiger partial charge in [0.2, 0.25) is 0 Å². The molecule has 0 saturated carbocycles. The lowest BCUT2D eigenvalue weighted by molar-refractivity contribution is 0.0880. The highest BCUT2D eigenvalue weighted by Crippen LogP contribution is 2.34. The zero-order valence-corrected chi connectivity index (χ0v) is 13.3. The summed E-state index contributed by atoms with van der Waals surface area (Å²) in [5, 5.41) is 3.70. The van der Waals surface area contributed by atoms with Crippen LogP contribution in [0, 0.1) is 0 Å². The quantitative estimate of drug-likeness (QED) is 0.514. The maximum Gasteiger partial charge on any atom is 0.262 e. The molecule has 2 aromatic carbocycles. The molecule has 126 valence electrons. The number of nitrogens with zero attached hydrogens (tertiary/aromatic N) is 1. The molecule has 1 aliphatic rings. The van der Waals surface area contributed by atoms with Crippen molar-refractivity contribution < 1.29 is 14.0 Å². The van der Waals surface area contributed by atoms with Crippen molar-refractivity contribution in [2.75, 3.05) is 5.73 Å². The molecular weight excluding hydrogens is 334 g/mol. The second-order valence-corrected chi connectivity index (χ2v) is 6.02. The second-order valence-electron chi connectivity index (χ2n) is 6.02. The van der Waals surface area contributed by atoms with E-state index in [1.165, 1.54) is 4.57 Å². The molecule has 0 aliphatic carbocycles. The molecule has 4 aromatic rings. The summed E-state index contributed by atoms with van der Waals surface area (Å²) in [7, 11) is 0. The number of benzene rings is 2. The van der Waals surface area contributed by atoms with E-state index in [4.69, 9.17) is 10.2 Å². The van der Waals surface area contributed by atoms with Crippen LogP contribution in [0.4, 0.5) is 5.82 Å². The Kier molecular flexibility index (Phi) is 2.68. The van der Waals surface area contributed by atoms with E-state index in [1.54, 1.807) is 18.2 Å². The molecule has 7 nitrogen and oxygen atoms in total. The molecule has 26 heavy (non-hydrogen) atoms. The Hall–Kier alpha value is -3.87. The molecule has 0 spiro atoms. The normalized spacial score (nSPS) is 13.4. The molecule has 7 heteroatoms. The minimum absolute atomic E-state index is 0.00187. The number of nitrogens with two attached hydrogens (primary N) is 1. The van der Waals surface area contributed by atoms with Crippen LogP contribution >= 0.6 is 0 Å². The SMILES string of the molecule is Nc1c2c(cc(=O)n1-c1cccc3oc4ccccc4c13)C(=O)NC2=O. The van der Waals surface area contributed by atoms with Crippen LogP contribution in [0.5, 0.6) is 0 Å². The lowest BCUT2D eigenvalue weighted by Gasteiger charge is -2.12. The lowest BCUT2D eigenvalue weighted by atomic mass is 10.1. The second kappa shape index (κ2) is 4.82. The standard InChI is InChI=1S/C19H11N3O4/c20-17-16-10(18(24)21-19(16)25)8-14(23)22(17)11-5-3-7-13-15(11)9-4-1-2-6-12(9)26-13/h1-8H,20H2,(H,21,24,25). The fraction of sp³-hybridized carbons (Fsp3) is 0. The van der Waals surface area contributed by atoms with E-state index in [9.17, 15) is 14.4 Å². The average molecular weight is 345 g/mol. The molecule has 3 heterocycles. The molecule has 5 rings (SSSR count). The highest BCUT2D eigenvalue weighted by Gasteiger charge is 2.32. The van der Waals surface area contributed by atoms with Crippen LogP contribution in [0.25, 0.3) is 27.6 Å². The Bertz CT molecular complexity index is 1330. The maximum atomic E-state index is 12.7. The number of carbonyl (C=O) groups excluding carboxylic acids is 2. The summed E-state index contributed by atoms with van der Waals surface area (Å²) in [6.07, 6.45) is 0. The van der Waals surface area contributed by atoms with Gasteiger partial charge in [0, 0.05) is 11.5 Å². The number of nitrogen functional groups attached to an aromatic ring is 1. The van der Waals surface area contributed by atoms with Gasteiger partial charge in [0.1, 0.15) is 17.0 Å². The number of hydrogen-bond acceptors (Lipinski definition) is 5. The van der Waals surface area contributed by atoms with E-state index in [1.807, 2.05) is 24.3 Å². The molecule has 0 unspecified atom stereocenters. The van der Waals surface area contributed by atoms with Crippen molar-refractivity contribution >= 4 is 39.6 Å². The first-order chi connectivity index (χ1) is 12.6. The Morgan fingerprint density at radius 2 is 1.69 bits per heavy atom. The largest absolute Gasteiger partial charge is 0.456 e. The van der Waals surface area contributed by atoms with E-state index in [2.05, 4.69) is 5.32 Å². The van der Waals surface area contributed by atoms with E-state index in [0.29, 0.717) is 22.2 Å². The number of aromatic nitrogens is 1. The molecule has 3 N–H and O–H groups in total. The number of rotatable bonds is 1. The lowest BCUT2D eigenvalue weighted by Crippen LogP contribution is -2.24. The third kappa shape index (κ3) is 1.74. The predicted molar refractivity (Wildman–Crippen MR) is 95.5 cm³/mol. The van der Waals surface area contributed by atoms with Gasteiger partial charge in [0.15, 0.2) is 0 Å². The van der Waals surface area contributed by atoms with Gasteiger partial charge in [0.25, 0.3) is 17.4 Å². The summed E-state index contributed by atoms with van der Waals surface area (Å²) in [5.41, 5.74) is 7.42. The Labute approximate surface area is 145 Å². The van der Waals surface area contributed by atoms with Crippen LogP contribution in [0.3, 0.4) is 0 Å². The third-order valence-corrected chi connectivity index (χ3v) is 4.57. The first-order valence-corrected chi connectivity index (χ1v) is 7.88. The monoisotopic (exact) mass is 345 g/mol. The van der Waals surface area contributed by atoms with Gasteiger partial charge in [-0.2, -0.15) is 0 Å². The first-order valence-electron chi connectivity index (χ1n) is 7.88. The van der Waals surface area contributed by atoms with Crippen LogP contribution < -0.4 is 16.6 Å². The molecule has 0 bridgehead atoms. The summed E-state index contributed by atoms with van der Waals surface area (Å²) >= 11 is 0. The molecule has 1 aliphatic heterocycles. The maximum absolute atomic E-state index is 12.7. The summed E-state index contributed by atoms with van der Waals surface area (Å²) in [6, 6.07) is 13.8. The number of imide groups is 1. The number of amides is 2. The number of fused-ring (bicyclic) bond motifs is 4. The highest BCUT2D eigenvalue weighted by molar-refractivity contribution is 6.23. The topological polar surface area (TPSA) is 107 Å². The molecule has 0 atom stereocenters. The Balaban J connectivity index is 1.94. The van der Waals surface area contributed by atoms with Crippen molar-refractivity contribution in [3.05, 3.63) is 70.0 Å². The molecule has 2 aromatic heterocycles. The van der Waals surface area contributed by atoms with Gasteiger partial charge >= 0.3 is 0 Å². The average Bonchev–Trinajstić information content (AvgIpc) is 3.12. The van der Waals surface area contributed by atoms with E-state index in [-0.39, 0.29) is 16.9 Å². The fourth-order valence-electron chi connectivity index (χ4n) is 3.47. The van der Waals surface area contributed by atoms with Gasteiger partial charge in [-0.3, -0.25) is 24.3 Å². The zero-order chi connectivity index (χ0) is 18.0. The van der Waals surface area contributed by atoms with E-state index in [0.717, 1.165) is 11.5 Å². The molecule has 2 amide bonds. The Morgan fingerprint density at radius 3 is 2.54 bits per heavy atom. The van der Waals surface area contributed by atoms with Crippen molar-refractivity contribution in [3.63, 3.8) is 0 Å². The van der Waals surface area contributed by atoms with Crippen molar-refractivity contribution in [2.24, 2.45) is 0 Å². The van der Waals surface area contributed by atoms with Gasteiger partial charge < -0.3 is 10.2 Å². The third-order valence-electron chi connectivity index (χ3n) is 4.57. The smallest absolute Gasteiger partial charge is 0.262 e. The van der Waals surface area contributed by atoms with Crippen LogP contribution in [-0.4, -0.2) is 16.4 Å². The molecular formula is C19H11N3O4. The summed E-state index contributed by atoms with van der Waals surface area (Å²) in [5.74, 6) is -1.30. The van der Waals surface area contributed by atoms with Crippen LogP contribution in [-0.2, 0) is 0 Å². The van der Waals surface area contributed by atoms with Gasteiger partial charge in [-0.15, -0.1) is 0 Å². The van der Waals surface area contributed by atoms with E-state index < -0.39 is 17.4 Å². The highest BCUT2D eigenvalue weighted by atomic mass is 16.3. The number of carbonyl (C=O) groups is 2. The van der Waals surface area contributed by atoms with Crippen molar-refractivity contribution in [3.8, 4) is 5.69 Å².